The molecule has 1 aliphatic rings. The van der Waals surface area contributed by atoms with Crippen LogP contribution in [0.1, 0.15) is 19.3 Å². The van der Waals surface area contributed by atoms with Crippen LogP contribution in [0.3, 0.4) is 0 Å². The van der Waals surface area contributed by atoms with Gasteiger partial charge in [0, 0.05) is 12.3 Å². The molecular weight excluding hydrogens is 380 g/mol. The van der Waals surface area contributed by atoms with Crippen LogP contribution in [0.2, 0.25) is 0 Å². The van der Waals surface area contributed by atoms with Gasteiger partial charge in [-0.3, -0.25) is 14.4 Å². The summed E-state index contributed by atoms with van der Waals surface area (Å²) in [5.74, 6) is -1.79. The van der Waals surface area contributed by atoms with Gasteiger partial charge in [-0.2, -0.15) is 24.4 Å². The summed E-state index contributed by atoms with van der Waals surface area (Å²) in [6, 6.07) is -2.53. The molecule has 0 radical (unpaired) electrons. The SMILES string of the molecule is CSCCC(N)C(=O)NCC(=O)NC(CS)C(=O)N1CCCC1C(=O)O. The fourth-order valence-corrected chi connectivity index (χ4v) is 3.33. The molecule has 1 heterocycles. The maximum atomic E-state index is 12.5. The van der Waals surface area contributed by atoms with Crippen molar-refractivity contribution in [1.29, 1.82) is 0 Å². The second kappa shape index (κ2) is 11.3. The summed E-state index contributed by atoms with van der Waals surface area (Å²) < 4.78 is 0. The van der Waals surface area contributed by atoms with Gasteiger partial charge < -0.3 is 26.4 Å². The average molecular weight is 407 g/mol. The highest BCUT2D eigenvalue weighted by molar-refractivity contribution is 7.98. The van der Waals surface area contributed by atoms with Crippen LogP contribution in [0.5, 0.6) is 0 Å². The lowest BCUT2D eigenvalue weighted by Gasteiger charge is -2.26. The maximum absolute atomic E-state index is 12.5. The van der Waals surface area contributed by atoms with E-state index in [1.807, 2.05) is 6.26 Å². The summed E-state index contributed by atoms with van der Waals surface area (Å²) >= 11 is 5.63. The van der Waals surface area contributed by atoms with Crippen LogP contribution in [-0.4, -0.2) is 82.7 Å². The van der Waals surface area contributed by atoms with E-state index in [4.69, 9.17) is 10.8 Å². The average Bonchev–Trinajstić information content (AvgIpc) is 3.11. The molecule has 1 saturated heterocycles. The molecule has 3 atom stereocenters. The number of carboxylic acids is 1. The lowest BCUT2D eigenvalue weighted by Crippen LogP contribution is -2.54. The van der Waals surface area contributed by atoms with E-state index in [0.717, 1.165) is 5.75 Å². The monoisotopic (exact) mass is 406 g/mol. The Bertz CT molecular complexity index is 534. The van der Waals surface area contributed by atoms with E-state index in [9.17, 15) is 19.2 Å². The molecule has 9 nitrogen and oxygen atoms in total. The molecular formula is C15H26N4O5S2. The van der Waals surface area contributed by atoms with Crippen molar-refractivity contribution in [2.45, 2.75) is 37.4 Å². The first-order chi connectivity index (χ1) is 12.3. The third-order valence-corrected chi connectivity index (χ3v) is 5.04. The minimum Gasteiger partial charge on any atom is -0.480 e. The number of thioether (sulfide) groups is 1. The van der Waals surface area contributed by atoms with Crippen molar-refractivity contribution in [2.24, 2.45) is 5.73 Å². The molecule has 148 valence electrons. The number of likely N-dealkylation sites (tertiary alicyclic amines) is 1. The number of amides is 3. The predicted molar refractivity (Wildman–Crippen MR) is 102 cm³/mol. The third-order valence-electron chi connectivity index (χ3n) is 4.03. The molecule has 11 heteroatoms. The fraction of sp³-hybridized carbons (Fsp3) is 0.733. The van der Waals surface area contributed by atoms with E-state index < -0.39 is 41.8 Å². The molecule has 0 aromatic heterocycles. The van der Waals surface area contributed by atoms with Gasteiger partial charge in [-0.25, -0.2) is 4.79 Å². The van der Waals surface area contributed by atoms with Crippen LogP contribution < -0.4 is 16.4 Å². The van der Waals surface area contributed by atoms with Crippen molar-refractivity contribution in [1.82, 2.24) is 15.5 Å². The van der Waals surface area contributed by atoms with Crippen LogP contribution in [0.25, 0.3) is 0 Å². The Morgan fingerprint density at radius 2 is 2.08 bits per heavy atom. The van der Waals surface area contributed by atoms with Crippen molar-refractivity contribution in [2.75, 3.05) is 30.9 Å². The first kappa shape index (κ1) is 22.6. The Hall–Kier alpha value is -1.46. The number of rotatable bonds is 10. The largest absolute Gasteiger partial charge is 0.480 e. The highest BCUT2D eigenvalue weighted by Gasteiger charge is 2.37. The van der Waals surface area contributed by atoms with Gasteiger partial charge in [0.15, 0.2) is 0 Å². The summed E-state index contributed by atoms with van der Waals surface area (Å²) in [7, 11) is 0. The molecule has 5 N–H and O–H groups in total. The van der Waals surface area contributed by atoms with E-state index in [1.54, 1.807) is 11.8 Å². The summed E-state index contributed by atoms with van der Waals surface area (Å²) in [6.45, 7) is 0.0166. The van der Waals surface area contributed by atoms with Crippen molar-refractivity contribution >= 4 is 48.1 Å². The lowest BCUT2D eigenvalue weighted by atomic mass is 10.2. The van der Waals surface area contributed by atoms with E-state index in [2.05, 4.69) is 23.3 Å². The van der Waals surface area contributed by atoms with E-state index in [1.165, 1.54) is 4.90 Å². The predicted octanol–water partition coefficient (Wildman–Crippen LogP) is -1.33. The van der Waals surface area contributed by atoms with Gasteiger partial charge in [-0.05, 0) is 31.3 Å². The zero-order valence-electron chi connectivity index (χ0n) is 14.6. The van der Waals surface area contributed by atoms with Crippen molar-refractivity contribution < 1.29 is 24.3 Å². The third kappa shape index (κ3) is 6.69. The van der Waals surface area contributed by atoms with Crippen molar-refractivity contribution in [3.05, 3.63) is 0 Å². The molecule has 26 heavy (non-hydrogen) atoms. The molecule has 1 fully saturated rings. The molecule has 3 unspecified atom stereocenters. The van der Waals surface area contributed by atoms with Crippen molar-refractivity contribution in [3.63, 3.8) is 0 Å². The molecule has 0 saturated carbocycles. The normalized spacial score (nSPS) is 18.9. The Kier molecular flexibility index (Phi) is 9.81. The molecule has 3 amide bonds. The number of hydrogen-bond acceptors (Lipinski definition) is 7. The molecule has 0 bridgehead atoms. The lowest BCUT2D eigenvalue weighted by molar-refractivity contribution is -0.149. The molecule has 1 aliphatic heterocycles. The summed E-state index contributed by atoms with van der Waals surface area (Å²) in [6.07, 6.45) is 3.39. The molecule has 0 spiro atoms. The maximum Gasteiger partial charge on any atom is 0.326 e. The van der Waals surface area contributed by atoms with Crippen LogP contribution in [0, 0.1) is 0 Å². The van der Waals surface area contributed by atoms with Crippen LogP contribution >= 0.6 is 24.4 Å². The fourth-order valence-electron chi connectivity index (χ4n) is 2.59. The number of carbonyl (C=O) groups excluding carboxylic acids is 3. The van der Waals surface area contributed by atoms with E-state index >= 15 is 0 Å². The smallest absolute Gasteiger partial charge is 0.326 e. The summed E-state index contributed by atoms with van der Waals surface area (Å²) in [5.41, 5.74) is 5.71. The Morgan fingerprint density at radius 3 is 2.65 bits per heavy atom. The van der Waals surface area contributed by atoms with Crippen LogP contribution in [0.4, 0.5) is 0 Å². The molecule has 1 rings (SSSR count). The molecule has 0 aliphatic carbocycles. The zero-order valence-corrected chi connectivity index (χ0v) is 16.4. The minimum atomic E-state index is -1.06. The van der Waals surface area contributed by atoms with E-state index in [-0.39, 0.29) is 12.3 Å². The van der Waals surface area contributed by atoms with Gasteiger partial charge in [0.05, 0.1) is 12.6 Å². The second-order valence-corrected chi connectivity index (χ2v) is 7.29. The van der Waals surface area contributed by atoms with Gasteiger partial charge in [0.1, 0.15) is 12.1 Å². The van der Waals surface area contributed by atoms with Gasteiger partial charge in [-0.1, -0.05) is 0 Å². The van der Waals surface area contributed by atoms with Gasteiger partial charge in [0.25, 0.3) is 0 Å². The summed E-state index contributed by atoms with van der Waals surface area (Å²) in [5, 5.41) is 14.1. The minimum absolute atomic E-state index is 0.0224. The quantitative estimate of drug-likeness (QED) is 0.283. The number of hydrogen-bond donors (Lipinski definition) is 5. The number of carboxylic acid groups (broad SMARTS) is 1. The Labute approximate surface area is 162 Å². The van der Waals surface area contributed by atoms with E-state index in [0.29, 0.717) is 25.8 Å². The number of nitrogens with two attached hydrogens (primary N) is 1. The number of nitrogens with one attached hydrogen (secondary N) is 2. The number of thiol groups is 1. The first-order valence-corrected chi connectivity index (χ1v) is 10.3. The second-order valence-electron chi connectivity index (χ2n) is 5.94. The van der Waals surface area contributed by atoms with Crippen LogP contribution in [-0.2, 0) is 19.2 Å². The highest BCUT2D eigenvalue weighted by Crippen LogP contribution is 2.18. The van der Waals surface area contributed by atoms with Crippen molar-refractivity contribution in [3.8, 4) is 0 Å². The standard InChI is InChI=1S/C15H26N4O5S2/c1-26-6-4-9(16)13(21)17-7-12(20)18-10(8-25)14(22)19-5-2-3-11(19)15(23)24/h9-11,25H,2-8,16H2,1H3,(H,17,21)(H,18,20)(H,23,24). The van der Waals surface area contributed by atoms with Gasteiger partial charge in [0.2, 0.25) is 17.7 Å². The number of aliphatic carboxylic acids is 1. The number of carbonyl (C=O) groups is 4. The zero-order chi connectivity index (χ0) is 19.7. The van der Waals surface area contributed by atoms with Crippen LogP contribution in [0.15, 0.2) is 0 Å². The first-order valence-electron chi connectivity index (χ1n) is 8.27. The topological polar surface area (TPSA) is 142 Å². The summed E-state index contributed by atoms with van der Waals surface area (Å²) in [4.78, 5) is 48.7. The molecule has 0 aromatic carbocycles. The Balaban J connectivity index is 2.51. The number of nitrogens with zero attached hydrogens (tertiary/aromatic N) is 1. The highest BCUT2D eigenvalue weighted by atomic mass is 32.2. The van der Waals surface area contributed by atoms with Gasteiger partial charge >= 0.3 is 5.97 Å². The Morgan fingerprint density at radius 1 is 1.38 bits per heavy atom. The molecule has 0 aromatic rings. The van der Waals surface area contributed by atoms with Gasteiger partial charge in [-0.15, -0.1) is 0 Å².